The zero-order chi connectivity index (χ0) is 8.27. The van der Waals surface area contributed by atoms with Crippen molar-refractivity contribution < 1.29 is 0 Å². The lowest BCUT2D eigenvalue weighted by atomic mass is 10.2. The Hall–Kier alpha value is -0.180. The summed E-state index contributed by atoms with van der Waals surface area (Å²) in [7, 11) is 0. The highest BCUT2D eigenvalue weighted by molar-refractivity contribution is 7.99. The predicted octanol–water partition coefficient (Wildman–Crippen LogP) is 1.81. The highest BCUT2D eigenvalue weighted by atomic mass is 32.2. The third kappa shape index (κ3) is 2.12. The first-order chi connectivity index (χ1) is 5.25. The second-order valence-electron chi connectivity index (χ2n) is 2.92. The number of hydrogen-bond donors (Lipinski definition) is 1. The molecule has 0 saturated carbocycles. The fraction of sp³-hybridized carbons (Fsp3) is 0.875. The SMILES string of the molecule is CCC(=N)N1CCSCC1C. The van der Waals surface area contributed by atoms with Gasteiger partial charge in [0.25, 0.3) is 0 Å². The maximum atomic E-state index is 7.68. The third-order valence-electron chi connectivity index (χ3n) is 2.05. The van der Waals surface area contributed by atoms with E-state index in [0.717, 1.165) is 18.8 Å². The van der Waals surface area contributed by atoms with Gasteiger partial charge in [0.05, 0.1) is 5.84 Å². The van der Waals surface area contributed by atoms with E-state index in [0.29, 0.717) is 6.04 Å². The summed E-state index contributed by atoms with van der Waals surface area (Å²) in [5.41, 5.74) is 0. The number of amidine groups is 1. The third-order valence-corrected chi connectivity index (χ3v) is 3.24. The van der Waals surface area contributed by atoms with Gasteiger partial charge in [-0.1, -0.05) is 6.92 Å². The molecule has 0 aromatic rings. The molecule has 1 aliphatic heterocycles. The molecule has 0 bridgehead atoms. The zero-order valence-electron chi connectivity index (χ0n) is 7.26. The molecule has 1 atom stereocenters. The van der Waals surface area contributed by atoms with E-state index in [4.69, 9.17) is 5.41 Å². The Morgan fingerprint density at radius 3 is 3.00 bits per heavy atom. The minimum Gasteiger partial charge on any atom is -0.356 e. The van der Waals surface area contributed by atoms with Crippen molar-refractivity contribution in [3.05, 3.63) is 0 Å². The Bertz CT molecular complexity index is 147. The lowest BCUT2D eigenvalue weighted by Crippen LogP contribution is -2.43. The fourth-order valence-corrected chi connectivity index (χ4v) is 2.34. The monoisotopic (exact) mass is 172 g/mol. The highest BCUT2D eigenvalue weighted by Crippen LogP contribution is 2.16. The van der Waals surface area contributed by atoms with Gasteiger partial charge in [0, 0.05) is 30.5 Å². The summed E-state index contributed by atoms with van der Waals surface area (Å²) in [6.07, 6.45) is 0.870. The quantitative estimate of drug-likeness (QED) is 0.482. The Morgan fingerprint density at radius 1 is 1.73 bits per heavy atom. The fourth-order valence-electron chi connectivity index (χ4n) is 1.33. The smallest absolute Gasteiger partial charge is 0.0957 e. The molecule has 0 aromatic heterocycles. The van der Waals surface area contributed by atoms with Crippen LogP contribution in [0.1, 0.15) is 20.3 Å². The molecule has 11 heavy (non-hydrogen) atoms. The van der Waals surface area contributed by atoms with E-state index in [-0.39, 0.29) is 0 Å². The molecule has 1 aliphatic rings. The molecule has 1 rings (SSSR count). The first-order valence-electron chi connectivity index (χ1n) is 4.17. The van der Waals surface area contributed by atoms with Gasteiger partial charge in [-0.3, -0.25) is 5.41 Å². The summed E-state index contributed by atoms with van der Waals surface area (Å²) in [6.45, 7) is 5.33. The van der Waals surface area contributed by atoms with Crippen molar-refractivity contribution in [3.63, 3.8) is 0 Å². The number of hydrogen-bond acceptors (Lipinski definition) is 2. The number of nitrogens with zero attached hydrogens (tertiary/aromatic N) is 1. The summed E-state index contributed by atoms with van der Waals surface area (Å²) in [5, 5.41) is 7.68. The lowest BCUT2D eigenvalue weighted by molar-refractivity contribution is 0.357. The van der Waals surface area contributed by atoms with Gasteiger partial charge < -0.3 is 4.90 Å². The Kier molecular flexibility index (Phi) is 3.24. The standard InChI is InChI=1S/C8H16N2S/c1-3-8(9)10-4-5-11-6-7(10)2/h7,9H,3-6H2,1-2H3. The molecule has 0 aliphatic carbocycles. The molecule has 1 unspecified atom stereocenters. The summed E-state index contributed by atoms with van der Waals surface area (Å²) in [6, 6.07) is 0.571. The van der Waals surface area contributed by atoms with Gasteiger partial charge in [0.2, 0.25) is 0 Å². The number of nitrogens with one attached hydrogen (secondary N) is 1. The van der Waals surface area contributed by atoms with Crippen molar-refractivity contribution in [2.45, 2.75) is 26.3 Å². The van der Waals surface area contributed by atoms with Crippen LogP contribution in [0.4, 0.5) is 0 Å². The highest BCUT2D eigenvalue weighted by Gasteiger charge is 2.19. The van der Waals surface area contributed by atoms with Crippen LogP contribution in [0, 0.1) is 5.41 Å². The normalized spacial score (nSPS) is 25.3. The van der Waals surface area contributed by atoms with Crippen LogP contribution in [0.3, 0.4) is 0 Å². The average molecular weight is 172 g/mol. The number of rotatable bonds is 1. The van der Waals surface area contributed by atoms with Gasteiger partial charge in [0.1, 0.15) is 0 Å². The molecule has 2 nitrogen and oxygen atoms in total. The van der Waals surface area contributed by atoms with Crippen LogP contribution in [0.2, 0.25) is 0 Å². The summed E-state index contributed by atoms with van der Waals surface area (Å²) >= 11 is 2.00. The van der Waals surface area contributed by atoms with Crippen LogP contribution in [0.5, 0.6) is 0 Å². The van der Waals surface area contributed by atoms with Crippen molar-refractivity contribution in [2.24, 2.45) is 0 Å². The molecule has 1 saturated heterocycles. The van der Waals surface area contributed by atoms with Gasteiger partial charge >= 0.3 is 0 Å². The maximum Gasteiger partial charge on any atom is 0.0957 e. The molecule has 0 amide bonds. The Morgan fingerprint density at radius 2 is 2.45 bits per heavy atom. The first kappa shape index (κ1) is 8.91. The van der Waals surface area contributed by atoms with Crippen molar-refractivity contribution >= 4 is 17.6 Å². The van der Waals surface area contributed by atoms with Gasteiger partial charge in [-0.25, -0.2) is 0 Å². The van der Waals surface area contributed by atoms with Crippen molar-refractivity contribution in [3.8, 4) is 0 Å². The topological polar surface area (TPSA) is 27.1 Å². The van der Waals surface area contributed by atoms with Crippen LogP contribution >= 0.6 is 11.8 Å². The molecule has 64 valence electrons. The molecule has 3 heteroatoms. The van der Waals surface area contributed by atoms with Crippen LogP contribution in [-0.2, 0) is 0 Å². The van der Waals surface area contributed by atoms with E-state index in [2.05, 4.69) is 18.7 Å². The van der Waals surface area contributed by atoms with Gasteiger partial charge in [-0.05, 0) is 6.92 Å². The molecule has 0 spiro atoms. The summed E-state index contributed by atoms with van der Waals surface area (Å²) < 4.78 is 0. The van der Waals surface area contributed by atoms with Crippen LogP contribution in [0.25, 0.3) is 0 Å². The molecule has 0 radical (unpaired) electrons. The first-order valence-corrected chi connectivity index (χ1v) is 5.33. The Labute approximate surface area is 72.9 Å². The van der Waals surface area contributed by atoms with E-state index < -0.39 is 0 Å². The zero-order valence-corrected chi connectivity index (χ0v) is 8.08. The summed E-state index contributed by atoms with van der Waals surface area (Å²) in [4.78, 5) is 2.22. The van der Waals surface area contributed by atoms with Crippen LogP contribution in [-0.4, -0.2) is 34.8 Å². The molecule has 1 N–H and O–H groups in total. The molecular weight excluding hydrogens is 156 g/mol. The average Bonchev–Trinajstić information content (AvgIpc) is 2.04. The second-order valence-corrected chi connectivity index (χ2v) is 4.07. The van der Waals surface area contributed by atoms with E-state index in [1.165, 1.54) is 11.5 Å². The molecule has 1 heterocycles. The minimum atomic E-state index is 0.571. The molecule has 0 aromatic carbocycles. The number of thioether (sulfide) groups is 1. The lowest BCUT2D eigenvalue weighted by Gasteiger charge is -2.34. The van der Waals surface area contributed by atoms with Crippen LogP contribution < -0.4 is 0 Å². The van der Waals surface area contributed by atoms with Gasteiger partial charge in [-0.15, -0.1) is 0 Å². The minimum absolute atomic E-state index is 0.571. The van der Waals surface area contributed by atoms with E-state index in [1.807, 2.05) is 11.8 Å². The summed E-state index contributed by atoms with van der Waals surface area (Å²) in [5.74, 6) is 3.17. The van der Waals surface area contributed by atoms with Crippen molar-refractivity contribution in [2.75, 3.05) is 18.1 Å². The van der Waals surface area contributed by atoms with Gasteiger partial charge in [0.15, 0.2) is 0 Å². The second kappa shape index (κ2) is 4.00. The van der Waals surface area contributed by atoms with Crippen LogP contribution in [0.15, 0.2) is 0 Å². The van der Waals surface area contributed by atoms with Gasteiger partial charge in [-0.2, -0.15) is 11.8 Å². The van der Waals surface area contributed by atoms with Crippen molar-refractivity contribution in [1.82, 2.24) is 4.90 Å². The Balaban J connectivity index is 2.47. The molecular formula is C8H16N2S. The van der Waals surface area contributed by atoms with E-state index in [9.17, 15) is 0 Å². The van der Waals surface area contributed by atoms with E-state index in [1.54, 1.807) is 0 Å². The molecule has 1 fully saturated rings. The maximum absolute atomic E-state index is 7.68. The van der Waals surface area contributed by atoms with E-state index >= 15 is 0 Å². The largest absolute Gasteiger partial charge is 0.356 e. The van der Waals surface area contributed by atoms with Crippen molar-refractivity contribution in [1.29, 1.82) is 5.41 Å². The predicted molar refractivity (Wildman–Crippen MR) is 51.5 cm³/mol.